The lowest BCUT2D eigenvalue weighted by atomic mass is 10.1. The number of aromatic nitrogens is 2. The molecule has 0 bridgehead atoms. The van der Waals surface area contributed by atoms with Crippen LogP contribution >= 0.6 is 0 Å². The second kappa shape index (κ2) is 10.0. The Hall–Kier alpha value is -3.13. The fraction of sp³-hybridized carbons (Fsp3) is 0.385. The van der Waals surface area contributed by atoms with Crippen molar-refractivity contribution in [3.05, 3.63) is 59.2 Å². The van der Waals surface area contributed by atoms with Crippen molar-refractivity contribution in [2.45, 2.75) is 51.3 Å². The molecule has 0 unspecified atom stereocenters. The molecule has 1 aromatic heterocycles. The van der Waals surface area contributed by atoms with E-state index < -0.39 is 10.0 Å². The zero-order valence-electron chi connectivity index (χ0n) is 20.3. The zero-order valence-corrected chi connectivity index (χ0v) is 21.1. The molecule has 0 saturated carbocycles. The Labute approximate surface area is 202 Å². The lowest BCUT2D eigenvalue weighted by Gasteiger charge is -2.20. The van der Waals surface area contributed by atoms with Crippen molar-refractivity contribution in [1.29, 1.82) is 0 Å². The number of benzene rings is 2. The number of aryl methyl sites for hydroxylation is 1. The van der Waals surface area contributed by atoms with E-state index in [1.54, 1.807) is 32.2 Å². The van der Waals surface area contributed by atoms with Gasteiger partial charge in [0.2, 0.25) is 0 Å². The zero-order chi connectivity index (χ0) is 24.3. The average Bonchev–Trinajstić information content (AvgIpc) is 3.12. The van der Waals surface area contributed by atoms with Crippen LogP contribution in [0.1, 0.15) is 42.4 Å². The molecule has 0 amide bonds. The molecule has 1 N–H and O–H groups in total. The van der Waals surface area contributed by atoms with Crippen LogP contribution in [0.4, 0.5) is 11.5 Å². The molecular formula is C26H32N4O3S. The van der Waals surface area contributed by atoms with Gasteiger partial charge in [0.05, 0.1) is 17.7 Å². The highest BCUT2D eigenvalue weighted by Gasteiger charge is 2.21. The first-order valence-electron chi connectivity index (χ1n) is 11.7. The Morgan fingerprint density at radius 2 is 1.56 bits per heavy atom. The molecule has 4 rings (SSSR count). The Kier molecular flexibility index (Phi) is 7.07. The van der Waals surface area contributed by atoms with Gasteiger partial charge in [-0.2, -0.15) is 0 Å². The lowest BCUT2D eigenvalue weighted by molar-refractivity contribution is 0.407. The van der Waals surface area contributed by atoms with Crippen molar-refractivity contribution >= 4 is 21.5 Å². The summed E-state index contributed by atoms with van der Waals surface area (Å²) in [6, 6.07) is 12.8. The maximum absolute atomic E-state index is 13.1. The molecule has 0 spiro atoms. The summed E-state index contributed by atoms with van der Waals surface area (Å²) in [7, 11) is -2.16. The maximum Gasteiger partial charge on any atom is 0.262 e. The average molecular weight is 481 g/mol. The summed E-state index contributed by atoms with van der Waals surface area (Å²) < 4.78 is 34.3. The summed E-state index contributed by atoms with van der Waals surface area (Å²) in [4.78, 5) is 2.55. The Morgan fingerprint density at radius 3 is 2.15 bits per heavy atom. The molecule has 1 aliphatic rings. The number of ether oxygens (including phenoxy) is 1. The highest BCUT2D eigenvalue weighted by atomic mass is 32.2. The van der Waals surface area contributed by atoms with Crippen LogP contribution in [0.5, 0.6) is 5.75 Å². The molecule has 0 radical (unpaired) electrons. The van der Waals surface area contributed by atoms with Gasteiger partial charge in [0.1, 0.15) is 5.75 Å². The highest BCUT2D eigenvalue weighted by Crippen LogP contribution is 2.32. The monoisotopic (exact) mass is 480 g/mol. The number of hydrogen-bond acceptors (Lipinski definition) is 6. The summed E-state index contributed by atoms with van der Waals surface area (Å²) in [5, 5.41) is 8.85. The van der Waals surface area contributed by atoms with Crippen molar-refractivity contribution in [1.82, 2.24) is 10.2 Å². The number of rotatable bonds is 6. The van der Waals surface area contributed by atoms with Gasteiger partial charge in [0.15, 0.2) is 5.82 Å². The van der Waals surface area contributed by atoms with Crippen molar-refractivity contribution in [3.63, 3.8) is 0 Å². The predicted molar refractivity (Wildman–Crippen MR) is 136 cm³/mol. The van der Waals surface area contributed by atoms with Crippen molar-refractivity contribution in [2.75, 3.05) is 29.8 Å². The summed E-state index contributed by atoms with van der Waals surface area (Å²) in [5.74, 6) is 1.62. The predicted octanol–water partition coefficient (Wildman–Crippen LogP) is 5.26. The minimum atomic E-state index is -3.75. The van der Waals surface area contributed by atoms with E-state index in [1.165, 1.54) is 25.7 Å². The second-order valence-corrected chi connectivity index (χ2v) is 10.5. The minimum Gasteiger partial charge on any atom is -0.496 e. The van der Waals surface area contributed by atoms with E-state index >= 15 is 0 Å². The first-order valence-corrected chi connectivity index (χ1v) is 13.1. The van der Waals surface area contributed by atoms with Crippen LogP contribution in [-0.2, 0) is 10.0 Å². The smallest absolute Gasteiger partial charge is 0.262 e. The minimum absolute atomic E-state index is 0.252. The van der Waals surface area contributed by atoms with Crippen molar-refractivity contribution < 1.29 is 13.2 Å². The van der Waals surface area contributed by atoms with E-state index in [0.717, 1.165) is 41.3 Å². The number of nitrogens with zero attached hydrogens (tertiary/aromatic N) is 3. The van der Waals surface area contributed by atoms with Crippen LogP contribution in [0, 0.1) is 20.8 Å². The van der Waals surface area contributed by atoms with E-state index in [2.05, 4.69) is 19.8 Å². The summed E-state index contributed by atoms with van der Waals surface area (Å²) in [5.41, 5.74) is 4.40. The number of methoxy groups -OCH3 is 1. The SMILES string of the molecule is COc1c(C)cc(S(=O)(=O)Nc2ccc(-c3ccc(N4CCCCCC4)nn3)cc2)c(C)c1C. The van der Waals surface area contributed by atoms with E-state index in [-0.39, 0.29) is 4.90 Å². The van der Waals surface area contributed by atoms with Gasteiger partial charge in [-0.05, 0) is 80.6 Å². The Bertz CT molecular complexity index is 1250. The van der Waals surface area contributed by atoms with Crippen molar-refractivity contribution in [3.8, 4) is 17.0 Å². The molecule has 1 aliphatic heterocycles. The number of sulfonamides is 1. The lowest BCUT2D eigenvalue weighted by Crippen LogP contribution is -2.25. The first kappa shape index (κ1) is 24.0. The van der Waals surface area contributed by atoms with Crippen molar-refractivity contribution in [2.24, 2.45) is 0 Å². The number of anilines is 2. The third kappa shape index (κ3) is 5.01. The van der Waals surface area contributed by atoms with Crippen LogP contribution in [0.25, 0.3) is 11.3 Å². The van der Waals surface area contributed by atoms with Gasteiger partial charge >= 0.3 is 0 Å². The standard InChI is InChI=1S/C26H32N4O3S/c1-18-17-24(19(2)20(3)26(18)33-4)34(31,32)29-22-11-9-21(10-12-22)23-13-14-25(28-27-23)30-15-7-5-6-8-16-30/h9-14,17,29H,5-8,15-16H2,1-4H3. The molecule has 3 aromatic rings. The van der Waals surface area contributed by atoms with E-state index in [4.69, 9.17) is 4.74 Å². The van der Waals surface area contributed by atoms with Crippen LogP contribution in [0.3, 0.4) is 0 Å². The van der Waals surface area contributed by atoms with Gasteiger partial charge in [-0.3, -0.25) is 4.72 Å². The fourth-order valence-corrected chi connectivity index (χ4v) is 5.93. The molecule has 2 aromatic carbocycles. The third-order valence-electron chi connectivity index (χ3n) is 6.49. The highest BCUT2D eigenvalue weighted by molar-refractivity contribution is 7.92. The Morgan fingerprint density at radius 1 is 0.882 bits per heavy atom. The van der Waals surface area contributed by atoms with Crippen LogP contribution in [0.2, 0.25) is 0 Å². The van der Waals surface area contributed by atoms with Gasteiger partial charge in [0.25, 0.3) is 10.0 Å². The fourth-order valence-electron chi connectivity index (χ4n) is 4.48. The topological polar surface area (TPSA) is 84.4 Å². The summed E-state index contributed by atoms with van der Waals surface area (Å²) in [6.45, 7) is 7.56. The molecule has 8 heteroatoms. The van der Waals surface area contributed by atoms with Gasteiger partial charge < -0.3 is 9.64 Å². The molecule has 1 saturated heterocycles. The summed E-state index contributed by atoms with van der Waals surface area (Å²) in [6.07, 6.45) is 4.93. The van der Waals surface area contributed by atoms with Gasteiger partial charge in [-0.25, -0.2) is 8.42 Å². The van der Waals surface area contributed by atoms with Crippen LogP contribution in [0.15, 0.2) is 47.4 Å². The van der Waals surface area contributed by atoms with Gasteiger partial charge in [-0.15, -0.1) is 10.2 Å². The third-order valence-corrected chi connectivity index (χ3v) is 7.99. The first-order chi connectivity index (χ1) is 16.3. The van der Waals surface area contributed by atoms with Crippen LogP contribution in [-0.4, -0.2) is 38.8 Å². The van der Waals surface area contributed by atoms with Gasteiger partial charge in [0, 0.05) is 24.3 Å². The molecule has 1 fully saturated rings. The normalized spacial score (nSPS) is 14.5. The van der Waals surface area contributed by atoms with E-state index in [1.807, 2.05) is 38.1 Å². The largest absolute Gasteiger partial charge is 0.496 e. The molecule has 180 valence electrons. The van der Waals surface area contributed by atoms with Gasteiger partial charge in [-0.1, -0.05) is 25.0 Å². The van der Waals surface area contributed by atoms with E-state index in [0.29, 0.717) is 17.0 Å². The molecular weight excluding hydrogens is 448 g/mol. The van der Waals surface area contributed by atoms with E-state index in [9.17, 15) is 8.42 Å². The summed E-state index contributed by atoms with van der Waals surface area (Å²) >= 11 is 0. The molecule has 0 aliphatic carbocycles. The number of hydrogen-bond donors (Lipinski definition) is 1. The number of nitrogens with one attached hydrogen (secondary N) is 1. The molecule has 2 heterocycles. The molecule has 34 heavy (non-hydrogen) atoms. The second-order valence-electron chi connectivity index (χ2n) is 8.84. The molecule has 0 atom stereocenters. The quantitative estimate of drug-likeness (QED) is 0.518. The Balaban J connectivity index is 1.51. The molecule has 7 nitrogen and oxygen atoms in total. The maximum atomic E-state index is 13.1. The van der Waals surface area contributed by atoms with Crippen LogP contribution < -0.4 is 14.4 Å².